The molecule has 0 aliphatic heterocycles. The Morgan fingerprint density at radius 2 is 1.93 bits per heavy atom. The van der Waals surface area contributed by atoms with Crippen molar-refractivity contribution in [2.45, 2.75) is 33.6 Å². The number of halogens is 1. The highest BCUT2D eigenvalue weighted by Gasteiger charge is 2.23. The summed E-state index contributed by atoms with van der Waals surface area (Å²) in [4.78, 5) is 4.46. The molecule has 1 aromatic rings. The minimum Gasteiger partial charge on any atom is -0.241 e. The average Bonchev–Trinajstić information content (AvgIpc) is 2.11. The maximum atomic E-state index is 6.02. The van der Waals surface area contributed by atoms with Crippen molar-refractivity contribution in [3.05, 3.63) is 28.0 Å². The van der Waals surface area contributed by atoms with Crippen LogP contribution in [0.3, 0.4) is 0 Å². The number of nitrogens with zero attached hydrogens (tertiary/aromatic N) is 1. The van der Waals surface area contributed by atoms with Crippen LogP contribution in [0.1, 0.15) is 30.7 Å². The van der Waals surface area contributed by atoms with Gasteiger partial charge in [-0.3, -0.25) is 0 Å². The maximum Gasteiger partial charge on any atom is 0.132 e. The van der Waals surface area contributed by atoms with E-state index in [0.29, 0.717) is 5.15 Å². The van der Waals surface area contributed by atoms with E-state index in [4.69, 9.17) is 11.6 Å². The van der Waals surface area contributed by atoms with E-state index in [1.807, 2.05) is 6.92 Å². The Hall–Kier alpha value is -0.560. The Balaban J connectivity index is 2.42. The van der Waals surface area contributed by atoms with Crippen molar-refractivity contribution in [3.8, 4) is 0 Å². The molecule has 14 heavy (non-hydrogen) atoms. The molecule has 0 saturated heterocycles. The Labute approximate surface area is 90.5 Å². The van der Waals surface area contributed by atoms with E-state index in [1.54, 1.807) is 0 Å². The highest BCUT2D eigenvalue weighted by Crippen LogP contribution is 2.30. The van der Waals surface area contributed by atoms with Crippen LogP contribution in [0.4, 0.5) is 0 Å². The second-order valence-electron chi connectivity index (χ2n) is 4.56. The molecule has 0 bridgehead atoms. The summed E-state index contributed by atoms with van der Waals surface area (Å²) in [5, 5.41) is 0.672. The van der Waals surface area contributed by atoms with Crippen LogP contribution < -0.4 is 0 Å². The molecule has 0 amide bonds. The standard InChI is InChI=1S/C12H16ClN/c1-7-4-10-5-9(3)12(13)14-11(10)6-8(7)2/h5,7-8H,4,6H2,1-3H3. The summed E-state index contributed by atoms with van der Waals surface area (Å²) in [5.74, 6) is 1.50. The SMILES string of the molecule is Cc1cc2c(nc1Cl)CC(C)C(C)C2. The molecule has 1 aliphatic carbocycles. The van der Waals surface area contributed by atoms with Crippen LogP contribution in [0, 0.1) is 18.8 Å². The molecule has 0 fully saturated rings. The van der Waals surface area contributed by atoms with Crippen LogP contribution in [0.25, 0.3) is 0 Å². The van der Waals surface area contributed by atoms with Gasteiger partial charge in [-0.2, -0.15) is 0 Å². The fraction of sp³-hybridized carbons (Fsp3) is 0.583. The van der Waals surface area contributed by atoms with Crippen LogP contribution >= 0.6 is 11.6 Å². The van der Waals surface area contributed by atoms with Gasteiger partial charge in [-0.15, -0.1) is 0 Å². The molecular formula is C12H16ClN. The van der Waals surface area contributed by atoms with Gasteiger partial charge >= 0.3 is 0 Å². The number of aryl methyl sites for hydroxylation is 1. The number of aromatic nitrogens is 1. The zero-order valence-electron chi connectivity index (χ0n) is 8.97. The zero-order chi connectivity index (χ0) is 10.3. The molecule has 76 valence electrons. The lowest BCUT2D eigenvalue weighted by molar-refractivity contribution is 0.356. The third-order valence-corrected chi connectivity index (χ3v) is 3.73. The highest BCUT2D eigenvalue weighted by atomic mass is 35.5. The third-order valence-electron chi connectivity index (χ3n) is 3.35. The van der Waals surface area contributed by atoms with E-state index < -0.39 is 0 Å². The van der Waals surface area contributed by atoms with Gasteiger partial charge in [0.1, 0.15) is 5.15 Å². The Bertz CT molecular complexity index is 325. The lowest BCUT2D eigenvalue weighted by atomic mass is 9.80. The van der Waals surface area contributed by atoms with Gasteiger partial charge in [0, 0.05) is 5.69 Å². The van der Waals surface area contributed by atoms with Crippen LogP contribution in [-0.4, -0.2) is 4.98 Å². The van der Waals surface area contributed by atoms with E-state index >= 15 is 0 Å². The van der Waals surface area contributed by atoms with Gasteiger partial charge in [-0.05, 0) is 42.7 Å². The number of fused-ring (bicyclic) bond motifs is 1. The van der Waals surface area contributed by atoms with Gasteiger partial charge in [-0.1, -0.05) is 31.5 Å². The summed E-state index contributed by atoms with van der Waals surface area (Å²) in [7, 11) is 0. The molecule has 2 rings (SSSR count). The number of hydrogen-bond donors (Lipinski definition) is 0. The lowest BCUT2D eigenvalue weighted by Crippen LogP contribution is -2.22. The van der Waals surface area contributed by atoms with E-state index in [-0.39, 0.29) is 0 Å². The van der Waals surface area contributed by atoms with Crippen LogP contribution in [0.15, 0.2) is 6.07 Å². The molecule has 0 radical (unpaired) electrons. The fourth-order valence-corrected chi connectivity index (χ4v) is 2.25. The maximum absolute atomic E-state index is 6.02. The highest BCUT2D eigenvalue weighted by molar-refractivity contribution is 6.30. The van der Waals surface area contributed by atoms with Crippen LogP contribution in [0.2, 0.25) is 5.15 Å². The first kappa shape index (κ1) is 9.97. The van der Waals surface area contributed by atoms with E-state index in [9.17, 15) is 0 Å². The third kappa shape index (κ3) is 1.66. The number of hydrogen-bond acceptors (Lipinski definition) is 1. The molecule has 1 aromatic heterocycles. The van der Waals surface area contributed by atoms with Crippen molar-refractivity contribution < 1.29 is 0 Å². The minimum atomic E-state index is 0.672. The zero-order valence-corrected chi connectivity index (χ0v) is 9.73. The Morgan fingerprint density at radius 1 is 1.29 bits per heavy atom. The summed E-state index contributed by atoms with van der Waals surface area (Å²) in [6.45, 7) is 6.64. The first-order valence-corrected chi connectivity index (χ1v) is 5.60. The summed E-state index contributed by atoms with van der Waals surface area (Å²) in [5.41, 5.74) is 3.72. The molecule has 0 aromatic carbocycles. The lowest BCUT2D eigenvalue weighted by Gasteiger charge is -2.27. The van der Waals surface area contributed by atoms with Crippen molar-refractivity contribution in [2.24, 2.45) is 11.8 Å². The molecular weight excluding hydrogens is 194 g/mol. The van der Waals surface area contributed by atoms with Crippen molar-refractivity contribution in [1.29, 1.82) is 0 Å². The first-order chi connectivity index (χ1) is 6.58. The molecule has 1 heterocycles. The Kier molecular flexibility index (Phi) is 2.52. The van der Waals surface area contributed by atoms with Gasteiger partial charge in [0.05, 0.1) is 0 Å². The monoisotopic (exact) mass is 209 g/mol. The van der Waals surface area contributed by atoms with Gasteiger partial charge < -0.3 is 0 Å². The van der Waals surface area contributed by atoms with Crippen molar-refractivity contribution in [1.82, 2.24) is 4.98 Å². The normalized spacial score (nSPS) is 26.0. The smallest absolute Gasteiger partial charge is 0.132 e. The summed E-state index contributed by atoms with van der Waals surface area (Å²) in [6.07, 6.45) is 2.23. The summed E-state index contributed by atoms with van der Waals surface area (Å²) in [6, 6.07) is 2.20. The summed E-state index contributed by atoms with van der Waals surface area (Å²) >= 11 is 6.02. The molecule has 2 unspecified atom stereocenters. The first-order valence-electron chi connectivity index (χ1n) is 5.23. The fourth-order valence-electron chi connectivity index (χ4n) is 2.09. The molecule has 1 nitrogen and oxygen atoms in total. The largest absolute Gasteiger partial charge is 0.241 e. The molecule has 1 aliphatic rings. The second kappa shape index (κ2) is 3.54. The average molecular weight is 210 g/mol. The Morgan fingerprint density at radius 3 is 2.64 bits per heavy atom. The van der Waals surface area contributed by atoms with Crippen LogP contribution in [-0.2, 0) is 12.8 Å². The molecule has 2 heteroatoms. The molecule has 2 atom stereocenters. The second-order valence-corrected chi connectivity index (χ2v) is 4.92. The van der Waals surface area contributed by atoms with Crippen LogP contribution in [0.5, 0.6) is 0 Å². The predicted octanol–water partition coefficient (Wildman–Crippen LogP) is 3.41. The minimum absolute atomic E-state index is 0.672. The van der Waals surface area contributed by atoms with Crippen molar-refractivity contribution in [3.63, 3.8) is 0 Å². The molecule has 0 N–H and O–H groups in total. The van der Waals surface area contributed by atoms with Crippen molar-refractivity contribution >= 4 is 11.6 Å². The number of rotatable bonds is 0. The quantitative estimate of drug-likeness (QED) is 0.597. The van der Waals surface area contributed by atoms with Gasteiger partial charge in [0.25, 0.3) is 0 Å². The van der Waals surface area contributed by atoms with E-state index in [1.165, 1.54) is 11.3 Å². The number of pyridine rings is 1. The van der Waals surface area contributed by atoms with Gasteiger partial charge in [0.2, 0.25) is 0 Å². The van der Waals surface area contributed by atoms with Crippen molar-refractivity contribution in [2.75, 3.05) is 0 Å². The predicted molar refractivity (Wildman–Crippen MR) is 59.7 cm³/mol. The van der Waals surface area contributed by atoms with Gasteiger partial charge in [0.15, 0.2) is 0 Å². The van der Waals surface area contributed by atoms with E-state index in [2.05, 4.69) is 24.9 Å². The summed E-state index contributed by atoms with van der Waals surface area (Å²) < 4.78 is 0. The topological polar surface area (TPSA) is 12.9 Å². The molecule has 0 spiro atoms. The van der Waals surface area contributed by atoms with E-state index in [0.717, 1.165) is 30.2 Å². The van der Waals surface area contributed by atoms with Gasteiger partial charge in [-0.25, -0.2) is 4.98 Å². The molecule has 0 saturated carbocycles.